The normalized spacial score (nSPS) is 21.0. The summed E-state index contributed by atoms with van der Waals surface area (Å²) in [6.07, 6.45) is 19.8. The van der Waals surface area contributed by atoms with Gasteiger partial charge in [0.05, 0.1) is 5.70 Å². The fourth-order valence-corrected chi connectivity index (χ4v) is 5.23. The fraction of sp³-hybridized carbons (Fsp3) is 0.324. The number of rotatable bonds is 7. The van der Waals surface area contributed by atoms with Crippen molar-refractivity contribution in [1.29, 1.82) is 0 Å². The van der Waals surface area contributed by atoms with Crippen LogP contribution in [0.4, 0.5) is 0 Å². The third-order valence-electron chi connectivity index (χ3n) is 7.30. The van der Waals surface area contributed by atoms with Crippen molar-refractivity contribution in [2.45, 2.75) is 66.0 Å². The van der Waals surface area contributed by atoms with Crippen molar-refractivity contribution in [2.75, 3.05) is 13.6 Å². The summed E-state index contributed by atoms with van der Waals surface area (Å²) in [6, 6.07) is 9.24. The average molecular weight is 551 g/mol. The number of aliphatic imine (C=N–C) groups is 1. The predicted octanol–water partition coefficient (Wildman–Crippen LogP) is 8.83. The van der Waals surface area contributed by atoms with Crippen LogP contribution in [0.3, 0.4) is 0 Å². The van der Waals surface area contributed by atoms with Crippen molar-refractivity contribution < 1.29 is 0 Å². The molecule has 3 heterocycles. The summed E-state index contributed by atoms with van der Waals surface area (Å²) < 4.78 is 0. The van der Waals surface area contributed by atoms with Crippen molar-refractivity contribution in [3.05, 3.63) is 133 Å². The molecule has 0 amide bonds. The zero-order chi connectivity index (χ0) is 30.5. The molecular formula is C37H50N4. The van der Waals surface area contributed by atoms with Crippen LogP contribution in [-0.4, -0.2) is 41.2 Å². The molecule has 0 fully saturated rings. The second-order valence-electron chi connectivity index (χ2n) is 10.5. The summed E-state index contributed by atoms with van der Waals surface area (Å²) in [5.41, 5.74) is 16.4. The summed E-state index contributed by atoms with van der Waals surface area (Å²) in [6.45, 7) is 25.9. The van der Waals surface area contributed by atoms with Crippen LogP contribution >= 0.6 is 0 Å². The lowest BCUT2D eigenvalue weighted by Crippen LogP contribution is -2.42. The Morgan fingerprint density at radius 3 is 2.41 bits per heavy atom. The summed E-state index contributed by atoms with van der Waals surface area (Å²) >= 11 is 0. The Morgan fingerprint density at radius 2 is 1.85 bits per heavy atom. The van der Waals surface area contributed by atoms with Crippen molar-refractivity contribution in [2.24, 2.45) is 10.7 Å². The highest BCUT2D eigenvalue weighted by atomic mass is 15.1. The van der Waals surface area contributed by atoms with Crippen LogP contribution < -0.4 is 5.73 Å². The van der Waals surface area contributed by atoms with Crippen LogP contribution in [0.2, 0.25) is 0 Å². The first-order valence-corrected chi connectivity index (χ1v) is 14.5. The summed E-state index contributed by atoms with van der Waals surface area (Å²) in [7, 11) is 2.11. The first-order valence-electron chi connectivity index (χ1n) is 14.5. The molecule has 41 heavy (non-hydrogen) atoms. The van der Waals surface area contributed by atoms with E-state index in [-0.39, 0.29) is 6.04 Å². The number of nitrogens with two attached hydrogens (primary N) is 1. The number of hydrogen-bond acceptors (Lipinski definition) is 4. The molecule has 0 aromatic heterocycles. The highest BCUT2D eigenvalue weighted by molar-refractivity contribution is 5.97. The topological polar surface area (TPSA) is 44.9 Å². The quantitative estimate of drug-likeness (QED) is 0.345. The minimum atomic E-state index is 0.210. The van der Waals surface area contributed by atoms with E-state index in [4.69, 9.17) is 10.7 Å². The molecule has 0 aliphatic carbocycles. The Labute approximate surface area is 249 Å². The SMILES string of the molecule is C=C.C=CC1=CC(=C)N(/C(CC)=C(\C)c2ccccc2C2=C(C)CC(C)=N2)C=C1.CC/C=C/C1C=CC(N)CN1C. The molecule has 0 radical (unpaired) electrons. The third kappa shape index (κ3) is 8.88. The first kappa shape index (κ1) is 33.5. The fourth-order valence-electron chi connectivity index (χ4n) is 5.23. The van der Waals surface area contributed by atoms with E-state index in [1.165, 1.54) is 33.7 Å². The molecule has 2 N–H and O–H groups in total. The maximum atomic E-state index is 5.76. The van der Waals surface area contributed by atoms with Gasteiger partial charge < -0.3 is 10.6 Å². The van der Waals surface area contributed by atoms with Crippen LogP contribution in [0.15, 0.2) is 127 Å². The number of nitrogens with zero attached hydrogens (tertiary/aromatic N) is 3. The monoisotopic (exact) mass is 550 g/mol. The van der Waals surface area contributed by atoms with Crippen LogP contribution in [0.25, 0.3) is 11.3 Å². The van der Waals surface area contributed by atoms with Crippen molar-refractivity contribution in [3.8, 4) is 0 Å². The lowest BCUT2D eigenvalue weighted by Gasteiger charge is -2.29. The minimum Gasteiger partial charge on any atom is -0.323 e. The van der Waals surface area contributed by atoms with Crippen LogP contribution in [-0.2, 0) is 0 Å². The van der Waals surface area contributed by atoms with Crippen LogP contribution in [0, 0.1) is 0 Å². The highest BCUT2D eigenvalue weighted by Crippen LogP contribution is 2.36. The molecule has 218 valence electrons. The van der Waals surface area contributed by atoms with E-state index in [9.17, 15) is 0 Å². The second kappa shape index (κ2) is 16.5. The van der Waals surface area contributed by atoms with E-state index in [1.807, 2.05) is 6.08 Å². The Kier molecular flexibility index (Phi) is 13.5. The molecule has 0 bridgehead atoms. The van der Waals surface area contributed by atoms with Gasteiger partial charge in [-0.25, -0.2) is 0 Å². The lowest BCUT2D eigenvalue weighted by atomic mass is 9.94. The molecule has 4 heteroatoms. The molecule has 1 aromatic rings. The van der Waals surface area contributed by atoms with Crippen molar-refractivity contribution >= 4 is 17.0 Å². The molecule has 0 saturated heterocycles. The van der Waals surface area contributed by atoms with Crippen LogP contribution in [0.5, 0.6) is 0 Å². The zero-order valence-electron chi connectivity index (χ0n) is 26.2. The molecular weight excluding hydrogens is 500 g/mol. The average Bonchev–Trinajstić information content (AvgIpc) is 3.32. The molecule has 2 atom stereocenters. The van der Waals surface area contributed by atoms with E-state index in [0.717, 1.165) is 42.8 Å². The van der Waals surface area contributed by atoms with Gasteiger partial charge in [0.15, 0.2) is 0 Å². The third-order valence-corrected chi connectivity index (χ3v) is 7.30. The van der Waals surface area contributed by atoms with E-state index >= 15 is 0 Å². The number of likely N-dealkylation sites (N-methyl/N-ethyl adjacent to an activating group) is 1. The van der Waals surface area contributed by atoms with Crippen molar-refractivity contribution in [1.82, 2.24) is 9.80 Å². The van der Waals surface area contributed by atoms with Gasteiger partial charge in [0, 0.05) is 53.9 Å². The predicted molar refractivity (Wildman–Crippen MR) is 182 cm³/mol. The Hall–Kier alpha value is -3.73. The molecule has 3 aliphatic heterocycles. The van der Waals surface area contributed by atoms with Gasteiger partial charge in [0.2, 0.25) is 0 Å². The van der Waals surface area contributed by atoms with Gasteiger partial charge in [0.25, 0.3) is 0 Å². The Balaban J connectivity index is 0.000000352. The number of allylic oxidation sites excluding steroid dienone is 8. The van der Waals surface area contributed by atoms with Gasteiger partial charge in [-0.15, -0.1) is 13.2 Å². The molecule has 1 aromatic carbocycles. The Bertz CT molecular complexity index is 1300. The minimum absolute atomic E-state index is 0.210. The van der Waals surface area contributed by atoms with Gasteiger partial charge in [-0.05, 0) is 75.1 Å². The Morgan fingerprint density at radius 1 is 1.15 bits per heavy atom. The van der Waals surface area contributed by atoms with Crippen molar-refractivity contribution in [3.63, 3.8) is 0 Å². The van der Waals surface area contributed by atoms with E-state index in [2.05, 4.69) is 145 Å². The van der Waals surface area contributed by atoms with Gasteiger partial charge in [-0.3, -0.25) is 9.89 Å². The molecule has 0 spiro atoms. The molecule has 4 rings (SSSR count). The maximum Gasteiger partial charge on any atom is 0.0700 e. The summed E-state index contributed by atoms with van der Waals surface area (Å²) in [4.78, 5) is 9.27. The van der Waals surface area contributed by atoms with Gasteiger partial charge in [0.1, 0.15) is 0 Å². The molecule has 4 nitrogen and oxygen atoms in total. The smallest absolute Gasteiger partial charge is 0.0700 e. The standard InChI is InChI=1S/C25H28N2.C10H18N2.C2H4/c1-7-21-13-14-27(19(5)16-21)24(8-2)20(6)22-11-9-10-12-23(22)25-17(3)15-18(4)26-25;1-3-4-5-10-7-6-9(11)8-12(10)2;1-2/h7,9-14,16H,1,5,8,15H2,2-4,6H3;4-7,9-10H,3,8,11H2,1-2H3;1-2H2/b24-20+;5-4+;. The summed E-state index contributed by atoms with van der Waals surface area (Å²) in [5.74, 6) is 0. The van der Waals surface area contributed by atoms with Crippen LogP contribution in [0.1, 0.15) is 65.0 Å². The number of hydrogen-bond donors (Lipinski definition) is 1. The largest absolute Gasteiger partial charge is 0.323 e. The van der Waals surface area contributed by atoms with E-state index < -0.39 is 0 Å². The molecule has 3 aliphatic rings. The molecule has 2 unspecified atom stereocenters. The van der Waals surface area contributed by atoms with Gasteiger partial charge >= 0.3 is 0 Å². The maximum absolute atomic E-state index is 5.76. The van der Waals surface area contributed by atoms with Gasteiger partial charge in [-0.2, -0.15) is 0 Å². The highest BCUT2D eigenvalue weighted by Gasteiger charge is 2.20. The van der Waals surface area contributed by atoms with E-state index in [0.29, 0.717) is 6.04 Å². The summed E-state index contributed by atoms with van der Waals surface area (Å²) in [5, 5.41) is 0. The first-order chi connectivity index (χ1) is 19.7. The zero-order valence-corrected chi connectivity index (χ0v) is 26.2. The van der Waals surface area contributed by atoms with Gasteiger partial charge in [-0.1, -0.05) is 81.7 Å². The molecule has 0 saturated carbocycles. The second-order valence-corrected chi connectivity index (χ2v) is 10.5. The number of benzene rings is 1. The van der Waals surface area contributed by atoms with E-state index in [1.54, 1.807) is 0 Å². The lowest BCUT2D eigenvalue weighted by molar-refractivity contribution is 0.296.